The molecule has 3 aliphatic rings. The summed E-state index contributed by atoms with van der Waals surface area (Å²) in [5.41, 5.74) is 0.759. The van der Waals surface area contributed by atoms with Gasteiger partial charge in [0, 0.05) is 16.3 Å². The van der Waals surface area contributed by atoms with Gasteiger partial charge in [0.05, 0.1) is 16.5 Å². The molecule has 1 aromatic rings. The zero-order chi connectivity index (χ0) is 18.5. The normalized spacial score (nSPS) is 31.2. The number of carboxylic acid groups (broad SMARTS) is 1. The van der Waals surface area contributed by atoms with Gasteiger partial charge in [0.15, 0.2) is 0 Å². The molecule has 2 saturated heterocycles. The Balaban J connectivity index is 1.59. The summed E-state index contributed by atoms with van der Waals surface area (Å²) in [6.45, 7) is 1.87. The van der Waals surface area contributed by atoms with Gasteiger partial charge < -0.3 is 10.0 Å². The molecule has 1 N–H and O–H groups in total. The van der Waals surface area contributed by atoms with Gasteiger partial charge in [-0.3, -0.25) is 4.79 Å². The van der Waals surface area contributed by atoms with Gasteiger partial charge in [-0.25, -0.2) is 4.79 Å². The Kier molecular flexibility index (Phi) is 4.24. The molecule has 1 aromatic carbocycles. The first-order valence-electron chi connectivity index (χ1n) is 7.80. The lowest BCUT2D eigenvalue weighted by molar-refractivity contribution is -0.157. The fourth-order valence-electron chi connectivity index (χ4n) is 3.32. The van der Waals surface area contributed by atoms with Gasteiger partial charge >= 0.3 is 5.97 Å². The number of rotatable bonds is 5. The molecule has 26 heavy (non-hydrogen) atoms. The first-order valence-corrected chi connectivity index (χ1v) is 10.0. The van der Waals surface area contributed by atoms with E-state index in [4.69, 9.17) is 11.6 Å². The molecular weight excluding hydrogens is 398 g/mol. The highest BCUT2D eigenvalue weighted by Crippen LogP contribution is 2.54. The number of carbonyl (C=O) groups excluding carboxylic acids is 1. The number of thioether (sulfide) groups is 2. The molecule has 4 rings (SSSR count). The number of halogens is 1. The highest BCUT2D eigenvalue weighted by Gasteiger charge is 2.61. The molecule has 3 aliphatic heterocycles. The van der Waals surface area contributed by atoms with Gasteiger partial charge in [-0.05, 0) is 29.5 Å². The van der Waals surface area contributed by atoms with Crippen LogP contribution in [0.5, 0.6) is 0 Å². The number of benzene rings is 1. The molecule has 8 nitrogen and oxygen atoms in total. The molecular formula is C15H14ClN5O3S2. The number of aliphatic carboxylic acids is 1. The van der Waals surface area contributed by atoms with Crippen LogP contribution in [-0.2, 0) is 14.6 Å². The van der Waals surface area contributed by atoms with E-state index in [1.165, 1.54) is 28.4 Å². The highest BCUT2D eigenvalue weighted by atomic mass is 35.5. The lowest BCUT2D eigenvalue weighted by Crippen LogP contribution is -2.57. The quantitative estimate of drug-likeness (QED) is 0.745. The van der Waals surface area contributed by atoms with Crippen LogP contribution < -0.4 is 0 Å². The molecule has 0 spiro atoms. The number of carboxylic acids is 1. The molecule has 1 amide bonds. The fourth-order valence-corrected chi connectivity index (χ4v) is 6.58. The fraction of sp³-hybridized carbons (Fsp3) is 0.467. The third-order valence-corrected chi connectivity index (χ3v) is 8.18. The van der Waals surface area contributed by atoms with E-state index in [2.05, 4.69) is 20.7 Å². The van der Waals surface area contributed by atoms with E-state index in [0.717, 1.165) is 5.56 Å². The van der Waals surface area contributed by atoms with Crippen LogP contribution in [0.15, 0.2) is 44.9 Å². The number of hydrogen-bond donors (Lipinski definition) is 1. The average molecular weight is 412 g/mol. The van der Waals surface area contributed by atoms with Crippen molar-refractivity contribution in [1.82, 2.24) is 4.90 Å². The molecule has 3 atom stereocenters. The first-order chi connectivity index (χ1) is 12.3. The van der Waals surface area contributed by atoms with E-state index < -0.39 is 21.8 Å². The Labute approximate surface area is 162 Å². The molecule has 136 valence electrons. The molecule has 0 aliphatic carbocycles. The van der Waals surface area contributed by atoms with Crippen LogP contribution in [0, 0.1) is 0 Å². The van der Waals surface area contributed by atoms with Gasteiger partial charge in [0.2, 0.25) is 5.91 Å². The monoisotopic (exact) mass is 411 g/mol. The number of amides is 1. The maximum atomic E-state index is 11.9. The van der Waals surface area contributed by atoms with E-state index in [0.29, 0.717) is 17.2 Å². The third-order valence-electron chi connectivity index (χ3n) is 4.62. The van der Waals surface area contributed by atoms with Crippen molar-refractivity contribution < 1.29 is 14.7 Å². The molecule has 3 unspecified atom stereocenters. The molecule has 0 bridgehead atoms. The van der Waals surface area contributed by atoms with Crippen LogP contribution >= 0.6 is 35.1 Å². The van der Waals surface area contributed by atoms with Gasteiger partial charge in [-0.15, -0.1) is 22.0 Å². The lowest BCUT2D eigenvalue weighted by Gasteiger charge is -2.37. The van der Waals surface area contributed by atoms with Crippen molar-refractivity contribution in [1.29, 1.82) is 0 Å². The van der Waals surface area contributed by atoms with Crippen molar-refractivity contribution >= 4 is 47.0 Å². The van der Waals surface area contributed by atoms with Crippen LogP contribution in [0.3, 0.4) is 0 Å². The largest absolute Gasteiger partial charge is 0.480 e. The zero-order valence-electron chi connectivity index (χ0n) is 13.6. The Bertz CT molecular complexity index is 821. The number of nitrogens with zero attached hydrogens (tertiary/aromatic N) is 5. The van der Waals surface area contributed by atoms with Crippen molar-refractivity contribution in [2.75, 3.05) is 5.75 Å². The second kappa shape index (κ2) is 6.21. The van der Waals surface area contributed by atoms with Crippen LogP contribution in [0.2, 0.25) is 5.02 Å². The summed E-state index contributed by atoms with van der Waals surface area (Å²) >= 11 is 8.83. The minimum absolute atomic E-state index is 0.0764. The van der Waals surface area contributed by atoms with Crippen LogP contribution in [0.4, 0.5) is 0 Å². The molecule has 0 radical (unpaired) electrons. The van der Waals surface area contributed by atoms with Crippen molar-refractivity contribution in [3.05, 3.63) is 34.9 Å². The summed E-state index contributed by atoms with van der Waals surface area (Å²) in [4.78, 5) is 24.1. The molecule has 11 heteroatoms. The van der Waals surface area contributed by atoms with Crippen LogP contribution in [-0.4, -0.2) is 43.8 Å². The second-order valence-corrected chi connectivity index (χ2v) is 9.71. The summed E-state index contributed by atoms with van der Waals surface area (Å²) in [5, 5.41) is 25.8. The van der Waals surface area contributed by atoms with Gasteiger partial charge in [-0.2, -0.15) is 0 Å². The number of β-lactam (4-membered cyclic amide) rings is 1. The molecule has 0 aromatic heterocycles. The van der Waals surface area contributed by atoms with Crippen LogP contribution in [0.1, 0.15) is 18.9 Å². The Hall–Kier alpha value is -1.65. The highest BCUT2D eigenvalue weighted by molar-refractivity contribution is 8.05. The number of carbonyl (C=O) groups is 2. The summed E-state index contributed by atoms with van der Waals surface area (Å²) in [5.74, 6) is -0.696. The standard InChI is InChI=1S/C15H14ClN5O3S2/c1-14(12(13(23)24)21-10(22)6-11(21)26-14)7-25-15(17-19-20-18-15)8-2-4-9(16)5-3-8/h2-5,11-12H,6-7H2,1H3,(H,23,24). The van der Waals surface area contributed by atoms with Crippen molar-refractivity contribution in [2.24, 2.45) is 20.7 Å². The molecule has 2 fully saturated rings. The van der Waals surface area contributed by atoms with Crippen molar-refractivity contribution in [2.45, 2.75) is 34.5 Å². The predicted molar refractivity (Wildman–Crippen MR) is 98.0 cm³/mol. The van der Waals surface area contributed by atoms with Gasteiger partial charge in [0.25, 0.3) is 4.99 Å². The van der Waals surface area contributed by atoms with Crippen LogP contribution in [0.25, 0.3) is 0 Å². The minimum Gasteiger partial charge on any atom is -0.480 e. The molecule has 3 heterocycles. The van der Waals surface area contributed by atoms with E-state index >= 15 is 0 Å². The Morgan fingerprint density at radius 2 is 2.04 bits per heavy atom. The van der Waals surface area contributed by atoms with E-state index in [1.807, 2.05) is 6.92 Å². The van der Waals surface area contributed by atoms with Gasteiger partial charge in [0.1, 0.15) is 6.04 Å². The average Bonchev–Trinajstić information content (AvgIpc) is 3.16. The van der Waals surface area contributed by atoms with E-state index in [1.54, 1.807) is 24.3 Å². The minimum atomic E-state index is -1.06. The van der Waals surface area contributed by atoms with Gasteiger partial charge in [-0.1, -0.05) is 35.5 Å². The summed E-state index contributed by atoms with van der Waals surface area (Å²) < 4.78 is -0.666. The first kappa shape index (κ1) is 17.7. The summed E-state index contributed by atoms with van der Waals surface area (Å²) in [7, 11) is 0. The van der Waals surface area contributed by atoms with Crippen molar-refractivity contribution in [3.63, 3.8) is 0 Å². The Morgan fingerprint density at radius 1 is 1.38 bits per heavy atom. The SMILES string of the molecule is CC1(CSC2(c3ccc(Cl)cc3)N=NN=N2)SC2CC(=O)N2C1C(=O)O. The third kappa shape index (κ3) is 2.71. The number of fused-ring (bicyclic) bond motifs is 1. The van der Waals surface area contributed by atoms with E-state index in [-0.39, 0.29) is 11.3 Å². The Morgan fingerprint density at radius 3 is 2.62 bits per heavy atom. The summed E-state index contributed by atoms with van der Waals surface area (Å²) in [6.07, 6.45) is 0.385. The second-order valence-electron chi connectivity index (χ2n) is 6.41. The topological polar surface area (TPSA) is 107 Å². The predicted octanol–water partition coefficient (Wildman–Crippen LogP) is 3.53. The maximum absolute atomic E-state index is 11.9. The van der Waals surface area contributed by atoms with Crippen molar-refractivity contribution in [3.8, 4) is 0 Å². The van der Waals surface area contributed by atoms with E-state index in [9.17, 15) is 14.7 Å². The molecule has 0 saturated carbocycles. The maximum Gasteiger partial charge on any atom is 0.327 e. The zero-order valence-corrected chi connectivity index (χ0v) is 16.0. The smallest absolute Gasteiger partial charge is 0.327 e. The summed E-state index contributed by atoms with van der Waals surface area (Å²) in [6, 6.07) is 6.20. The number of hydrogen-bond acceptors (Lipinski definition) is 8. The lowest BCUT2D eigenvalue weighted by atomic mass is 9.98.